The fourth-order valence-electron chi connectivity index (χ4n) is 2.94. The lowest BCUT2D eigenvalue weighted by Crippen LogP contribution is -2.50. The molecular formula is C17H25N3O. The predicted molar refractivity (Wildman–Crippen MR) is 83.9 cm³/mol. The minimum atomic E-state index is -0.621. The van der Waals surface area contributed by atoms with Gasteiger partial charge in [0.15, 0.2) is 0 Å². The summed E-state index contributed by atoms with van der Waals surface area (Å²) in [5, 5.41) is 12.9. The molecule has 1 atom stereocenters. The zero-order chi connectivity index (χ0) is 15.3. The van der Waals surface area contributed by atoms with Crippen molar-refractivity contribution in [3.63, 3.8) is 0 Å². The van der Waals surface area contributed by atoms with Crippen LogP contribution in [-0.4, -0.2) is 43.8 Å². The first-order valence-corrected chi connectivity index (χ1v) is 7.53. The second kappa shape index (κ2) is 6.57. The van der Waals surface area contributed by atoms with Gasteiger partial charge in [-0.25, -0.2) is 0 Å². The van der Waals surface area contributed by atoms with Gasteiger partial charge in [-0.05, 0) is 32.9 Å². The number of hydrogen-bond acceptors (Lipinski definition) is 4. The van der Waals surface area contributed by atoms with E-state index in [1.54, 1.807) is 0 Å². The highest BCUT2D eigenvalue weighted by Gasteiger charge is 2.33. The standard InChI is InChI=1S/C17H25N3O/c1-16(2)14-20(11-12-21-16)10-9-17(13-18,19-3)15-7-5-4-6-8-15/h4-8,19H,9-12,14H2,1-3H3. The number of benzene rings is 1. The van der Waals surface area contributed by atoms with Gasteiger partial charge < -0.3 is 4.74 Å². The summed E-state index contributed by atoms with van der Waals surface area (Å²) in [6, 6.07) is 12.4. The Balaban J connectivity index is 2.06. The molecule has 2 rings (SSSR count). The van der Waals surface area contributed by atoms with Crippen LogP contribution >= 0.6 is 0 Å². The van der Waals surface area contributed by atoms with E-state index in [1.165, 1.54) is 0 Å². The molecular weight excluding hydrogens is 262 g/mol. The minimum absolute atomic E-state index is 0.0973. The van der Waals surface area contributed by atoms with Crippen LogP contribution in [0.3, 0.4) is 0 Å². The van der Waals surface area contributed by atoms with Gasteiger partial charge in [0.1, 0.15) is 5.54 Å². The van der Waals surface area contributed by atoms with Crippen molar-refractivity contribution in [3.8, 4) is 6.07 Å². The molecule has 1 aliphatic heterocycles. The van der Waals surface area contributed by atoms with E-state index in [0.29, 0.717) is 0 Å². The van der Waals surface area contributed by atoms with Crippen LogP contribution in [0.4, 0.5) is 0 Å². The van der Waals surface area contributed by atoms with Crippen molar-refractivity contribution in [2.45, 2.75) is 31.4 Å². The first-order chi connectivity index (χ1) is 10.0. The third-order valence-electron chi connectivity index (χ3n) is 4.19. The Morgan fingerprint density at radius 1 is 1.38 bits per heavy atom. The van der Waals surface area contributed by atoms with Gasteiger partial charge in [-0.1, -0.05) is 30.3 Å². The van der Waals surface area contributed by atoms with Gasteiger partial charge in [0, 0.05) is 19.6 Å². The summed E-state index contributed by atoms with van der Waals surface area (Å²) in [4.78, 5) is 2.38. The molecule has 1 fully saturated rings. The lowest BCUT2D eigenvalue weighted by Gasteiger charge is -2.39. The van der Waals surface area contributed by atoms with Crippen LogP contribution in [0.1, 0.15) is 25.8 Å². The quantitative estimate of drug-likeness (QED) is 0.901. The molecule has 1 saturated heterocycles. The van der Waals surface area contributed by atoms with Crippen LogP contribution in [0, 0.1) is 11.3 Å². The van der Waals surface area contributed by atoms with Crippen molar-refractivity contribution >= 4 is 0 Å². The summed E-state index contributed by atoms with van der Waals surface area (Å²) in [5.41, 5.74) is 0.312. The zero-order valence-electron chi connectivity index (χ0n) is 13.2. The number of morpholine rings is 1. The highest BCUT2D eigenvalue weighted by Crippen LogP contribution is 2.25. The summed E-state index contributed by atoms with van der Waals surface area (Å²) in [5.74, 6) is 0. The van der Waals surface area contributed by atoms with Crippen LogP contribution in [0.2, 0.25) is 0 Å². The molecule has 21 heavy (non-hydrogen) atoms. The van der Waals surface area contributed by atoms with Crippen LogP contribution in [0.15, 0.2) is 30.3 Å². The molecule has 4 heteroatoms. The summed E-state index contributed by atoms with van der Waals surface area (Å²) < 4.78 is 5.74. The van der Waals surface area contributed by atoms with E-state index >= 15 is 0 Å². The molecule has 0 amide bonds. The number of nitriles is 1. The van der Waals surface area contributed by atoms with Crippen LogP contribution in [0.5, 0.6) is 0 Å². The lowest BCUT2D eigenvalue weighted by molar-refractivity contribution is -0.0869. The summed E-state index contributed by atoms with van der Waals surface area (Å²) in [6.45, 7) is 7.72. The summed E-state index contributed by atoms with van der Waals surface area (Å²) in [7, 11) is 1.86. The topological polar surface area (TPSA) is 48.3 Å². The maximum absolute atomic E-state index is 9.71. The molecule has 1 aliphatic rings. The molecule has 0 aromatic heterocycles. The Hall–Kier alpha value is -1.41. The molecule has 1 aromatic carbocycles. The molecule has 4 nitrogen and oxygen atoms in total. The highest BCUT2D eigenvalue weighted by molar-refractivity contribution is 5.31. The van der Waals surface area contributed by atoms with E-state index in [-0.39, 0.29) is 5.60 Å². The predicted octanol–water partition coefficient (Wildman–Crippen LogP) is 2.13. The fraction of sp³-hybridized carbons (Fsp3) is 0.588. The first kappa shape index (κ1) is 16.0. The highest BCUT2D eigenvalue weighted by atomic mass is 16.5. The van der Waals surface area contributed by atoms with Gasteiger partial charge >= 0.3 is 0 Å². The van der Waals surface area contributed by atoms with Crippen molar-refractivity contribution in [1.29, 1.82) is 5.26 Å². The average Bonchev–Trinajstić information content (AvgIpc) is 2.49. The number of nitrogens with one attached hydrogen (secondary N) is 1. The van der Waals surface area contributed by atoms with E-state index in [1.807, 2.05) is 37.4 Å². The number of ether oxygens (including phenoxy) is 1. The third-order valence-corrected chi connectivity index (χ3v) is 4.19. The second-order valence-electron chi connectivity index (χ2n) is 6.27. The Labute approximate surface area is 127 Å². The maximum atomic E-state index is 9.71. The second-order valence-corrected chi connectivity index (χ2v) is 6.27. The molecule has 1 N–H and O–H groups in total. The van der Waals surface area contributed by atoms with Gasteiger partial charge in [0.05, 0.1) is 18.3 Å². The molecule has 114 valence electrons. The van der Waals surface area contributed by atoms with Gasteiger partial charge in [-0.2, -0.15) is 5.26 Å². The molecule has 1 unspecified atom stereocenters. The van der Waals surface area contributed by atoms with Gasteiger partial charge in [-0.15, -0.1) is 0 Å². The first-order valence-electron chi connectivity index (χ1n) is 7.53. The van der Waals surface area contributed by atoms with E-state index in [2.05, 4.69) is 30.1 Å². The molecule has 0 saturated carbocycles. The van der Waals surface area contributed by atoms with Crippen LogP contribution < -0.4 is 5.32 Å². The largest absolute Gasteiger partial charge is 0.373 e. The van der Waals surface area contributed by atoms with Crippen LogP contribution in [0.25, 0.3) is 0 Å². The van der Waals surface area contributed by atoms with Gasteiger partial charge in [0.2, 0.25) is 0 Å². The number of nitrogens with zero attached hydrogens (tertiary/aromatic N) is 2. The molecule has 1 heterocycles. The Bertz CT molecular complexity index is 495. The van der Waals surface area contributed by atoms with Crippen LogP contribution in [-0.2, 0) is 10.3 Å². The molecule has 0 aliphatic carbocycles. The lowest BCUT2D eigenvalue weighted by atomic mass is 9.87. The van der Waals surface area contributed by atoms with Crippen molar-refractivity contribution < 1.29 is 4.74 Å². The van der Waals surface area contributed by atoms with Crippen molar-refractivity contribution in [2.75, 3.05) is 33.3 Å². The molecule has 0 radical (unpaired) electrons. The fourth-order valence-corrected chi connectivity index (χ4v) is 2.94. The zero-order valence-corrected chi connectivity index (χ0v) is 13.2. The Kier molecular flexibility index (Phi) is 5.00. The van der Waals surface area contributed by atoms with Crippen molar-refractivity contribution in [2.24, 2.45) is 0 Å². The number of rotatable bonds is 5. The summed E-state index contributed by atoms with van der Waals surface area (Å²) >= 11 is 0. The summed E-state index contributed by atoms with van der Waals surface area (Å²) in [6.07, 6.45) is 0.764. The maximum Gasteiger partial charge on any atom is 0.133 e. The Morgan fingerprint density at radius 2 is 2.10 bits per heavy atom. The smallest absolute Gasteiger partial charge is 0.133 e. The normalized spacial score (nSPS) is 21.4. The molecule has 0 bridgehead atoms. The van der Waals surface area contributed by atoms with Gasteiger partial charge in [-0.3, -0.25) is 10.2 Å². The van der Waals surface area contributed by atoms with E-state index in [9.17, 15) is 5.26 Å². The SMILES string of the molecule is CNC(C#N)(CCN1CCOC(C)(C)C1)c1ccccc1. The van der Waals surface area contributed by atoms with E-state index < -0.39 is 5.54 Å². The van der Waals surface area contributed by atoms with E-state index in [0.717, 1.165) is 38.2 Å². The third kappa shape index (κ3) is 3.82. The van der Waals surface area contributed by atoms with Crippen molar-refractivity contribution in [3.05, 3.63) is 35.9 Å². The monoisotopic (exact) mass is 287 g/mol. The Morgan fingerprint density at radius 3 is 2.67 bits per heavy atom. The average molecular weight is 287 g/mol. The number of hydrogen-bond donors (Lipinski definition) is 1. The minimum Gasteiger partial charge on any atom is -0.373 e. The van der Waals surface area contributed by atoms with Crippen molar-refractivity contribution in [1.82, 2.24) is 10.2 Å². The van der Waals surface area contributed by atoms with Gasteiger partial charge in [0.25, 0.3) is 0 Å². The molecule has 0 spiro atoms. The molecule has 1 aromatic rings. The van der Waals surface area contributed by atoms with E-state index in [4.69, 9.17) is 4.74 Å².